The van der Waals surface area contributed by atoms with Gasteiger partial charge in [0, 0.05) is 29.0 Å². The summed E-state index contributed by atoms with van der Waals surface area (Å²) in [6.45, 7) is 17.1. The maximum atomic E-state index is 4.23. The Bertz CT molecular complexity index is 486. The van der Waals surface area contributed by atoms with E-state index in [0.717, 1.165) is 11.5 Å². The minimum Gasteiger partial charge on any atom is -0.348 e. The predicted molar refractivity (Wildman–Crippen MR) is 97.4 cm³/mol. The van der Waals surface area contributed by atoms with Gasteiger partial charge in [0.2, 0.25) is 0 Å². The zero-order chi connectivity index (χ0) is 15.6. The zero-order valence-electron chi connectivity index (χ0n) is 14.1. The van der Waals surface area contributed by atoms with Gasteiger partial charge >= 0.3 is 0 Å². The lowest BCUT2D eigenvalue weighted by atomic mass is 9.91. The van der Waals surface area contributed by atoms with Crippen LogP contribution in [0.25, 0.3) is 0 Å². The fraction of sp³-hybridized carbons (Fsp3) is 0.667. The summed E-state index contributed by atoms with van der Waals surface area (Å²) in [6, 6.07) is 0. The Morgan fingerprint density at radius 2 is 1.50 bits per heavy atom. The first-order valence-electron chi connectivity index (χ1n) is 7.04. The van der Waals surface area contributed by atoms with Crippen molar-refractivity contribution in [1.82, 2.24) is 19.5 Å². The molecule has 2 heterocycles. The number of nitrogens with zero attached hydrogens (tertiary/aromatic N) is 3. The van der Waals surface area contributed by atoms with Crippen LogP contribution in [0.4, 0.5) is 0 Å². The Balaban J connectivity index is 0. The third-order valence-electron chi connectivity index (χ3n) is 3.09. The van der Waals surface area contributed by atoms with E-state index in [2.05, 4.69) is 61.1 Å². The van der Waals surface area contributed by atoms with Crippen molar-refractivity contribution in [2.24, 2.45) is 0 Å². The van der Waals surface area contributed by atoms with Crippen LogP contribution < -0.4 is 0 Å². The molecule has 2 rings (SSSR count). The minimum absolute atomic E-state index is 0. The van der Waals surface area contributed by atoms with E-state index in [-0.39, 0.29) is 25.8 Å². The minimum atomic E-state index is 0. The summed E-state index contributed by atoms with van der Waals surface area (Å²) in [7, 11) is 0. The number of aromatic nitrogens is 4. The van der Waals surface area contributed by atoms with Crippen LogP contribution in [0, 0.1) is 13.8 Å². The SMILES string of the molecule is C.C.Cc1[nH]cnc1C(C)(C)C.Cc1nccn1C(C)(C)C. The summed E-state index contributed by atoms with van der Waals surface area (Å²) in [5.41, 5.74) is 2.67. The fourth-order valence-electron chi connectivity index (χ4n) is 2.20. The van der Waals surface area contributed by atoms with Gasteiger partial charge in [0.05, 0.1) is 12.0 Å². The fourth-order valence-corrected chi connectivity index (χ4v) is 2.20. The van der Waals surface area contributed by atoms with Gasteiger partial charge in [-0.05, 0) is 34.6 Å². The van der Waals surface area contributed by atoms with Crippen molar-refractivity contribution in [2.75, 3.05) is 0 Å². The van der Waals surface area contributed by atoms with Crippen molar-refractivity contribution >= 4 is 0 Å². The topological polar surface area (TPSA) is 46.5 Å². The average Bonchev–Trinajstić information content (AvgIpc) is 2.85. The Morgan fingerprint density at radius 1 is 0.955 bits per heavy atom. The van der Waals surface area contributed by atoms with Crippen LogP contribution in [0.2, 0.25) is 0 Å². The number of aryl methyl sites for hydroxylation is 2. The van der Waals surface area contributed by atoms with Gasteiger partial charge in [0.1, 0.15) is 5.82 Å². The third kappa shape index (κ3) is 6.04. The van der Waals surface area contributed by atoms with Gasteiger partial charge in [-0.15, -0.1) is 0 Å². The van der Waals surface area contributed by atoms with Gasteiger partial charge < -0.3 is 9.55 Å². The summed E-state index contributed by atoms with van der Waals surface area (Å²) in [5, 5.41) is 0. The molecule has 0 spiro atoms. The number of nitrogens with one attached hydrogen (secondary N) is 1. The normalized spacial score (nSPS) is 10.9. The van der Waals surface area contributed by atoms with Crippen molar-refractivity contribution in [3.05, 3.63) is 35.9 Å². The van der Waals surface area contributed by atoms with Gasteiger partial charge in [-0.3, -0.25) is 0 Å². The van der Waals surface area contributed by atoms with E-state index < -0.39 is 0 Å². The molecule has 0 fully saturated rings. The monoisotopic (exact) mass is 308 g/mol. The molecule has 4 heteroatoms. The second kappa shape index (κ2) is 8.16. The average molecular weight is 309 g/mol. The molecule has 0 saturated heterocycles. The first-order valence-corrected chi connectivity index (χ1v) is 7.04. The standard InChI is InChI=1S/2C8H14N2.2CH4/c1-7-9-5-6-10(7)8(2,3)4;1-6-7(8(2,3)4)10-5-9-6;;/h5-6H,1-4H3;5H,1-4H3,(H,9,10);2*1H4. The number of aromatic amines is 1. The smallest absolute Gasteiger partial charge is 0.105 e. The van der Waals surface area contributed by atoms with Crippen LogP contribution in [0.15, 0.2) is 18.7 Å². The van der Waals surface area contributed by atoms with E-state index in [1.54, 1.807) is 6.33 Å². The molecular weight excluding hydrogens is 272 g/mol. The molecule has 2 aromatic rings. The maximum absolute atomic E-state index is 4.23. The molecule has 128 valence electrons. The molecule has 0 aliphatic carbocycles. The molecule has 2 aromatic heterocycles. The lowest BCUT2D eigenvalue weighted by Crippen LogP contribution is -2.21. The number of imidazole rings is 2. The molecule has 1 N–H and O–H groups in total. The Morgan fingerprint density at radius 3 is 1.68 bits per heavy atom. The molecule has 0 amide bonds. The molecule has 0 aliphatic rings. The Kier molecular flexibility index (Phi) is 8.42. The second-order valence-corrected chi connectivity index (χ2v) is 7.14. The summed E-state index contributed by atoms with van der Waals surface area (Å²) in [5.74, 6) is 1.08. The number of H-pyrrole nitrogens is 1. The van der Waals surface area contributed by atoms with Gasteiger partial charge in [0.15, 0.2) is 0 Å². The molecule has 0 unspecified atom stereocenters. The number of hydrogen-bond donors (Lipinski definition) is 1. The first kappa shape index (κ1) is 22.7. The summed E-state index contributed by atoms with van der Waals surface area (Å²) < 4.78 is 2.16. The van der Waals surface area contributed by atoms with Crippen molar-refractivity contribution < 1.29 is 0 Å². The lowest BCUT2D eigenvalue weighted by Gasteiger charge is -2.21. The Hall–Kier alpha value is -1.58. The van der Waals surface area contributed by atoms with Crippen LogP contribution >= 0.6 is 0 Å². The summed E-state index contributed by atoms with van der Waals surface area (Å²) in [6.07, 6.45) is 5.59. The first-order chi connectivity index (χ1) is 9.03. The molecule has 0 bridgehead atoms. The maximum Gasteiger partial charge on any atom is 0.105 e. The van der Waals surface area contributed by atoms with E-state index in [4.69, 9.17) is 0 Å². The van der Waals surface area contributed by atoms with Crippen LogP contribution in [0.1, 0.15) is 73.6 Å². The summed E-state index contributed by atoms with van der Waals surface area (Å²) >= 11 is 0. The molecule has 22 heavy (non-hydrogen) atoms. The quantitative estimate of drug-likeness (QED) is 0.724. The van der Waals surface area contributed by atoms with Gasteiger partial charge in [-0.1, -0.05) is 35.6 Å². The molecule has 4 nitrogen and oxygen atoms in total. The highest BCUT2D eigenvalue weighted by molar-refractivity contribution is 5.17. The highest BCUT2D eigenvalue weighted by atomic mass is 15.1. The van der Waals surface area contributed by atoms with Crippen LogP contribution in [-0.2, 0) is 11.0 Å². The van der Waals surface area contributed by atoms with E-state index in [9.17, 15) is 0 Å². The van der Waals surface area contributed by atoms with E-state index >= 15 is 0 Å². The highest BCUT2D eigenvalue weighted by Gasteiger charge is 2.17. The van der Waals surface area contributed by atoms with E-state index in [0.29, 0.717) is 0 Å². The molecule has 0 aromatic carbocycles. The van der Waals surface area contributed by atoms with E-state index in [1.807, 2.05) is 26.2 Å². The van der Waals surface area contributed by atoms with Gasteiger partial charge in [-0.2, -0.15) is 0 Å². The molecule has 0 radical (unpaired) electrons. The van der Waals surface area contributed by atoms with Crippen molar-refractivity contribution in [1.29, 1.82) is 0 Å². The zero-order valence-corrected chi connectivity index (χ0v) is 14.1. The van der Waals surface area contributed by atoms with Crippen molar-refractivity contribution in [2.45, 2.75) is 81.2 Å². The second-order valence-electron chi connectivity index (χ2n) is 7.14. The number of rotatable bonds is 0. The van der Waals surface area contributed by atoms with Crippen molar-refractivity contribution in [3.63, 3.8) is 0 Å². The molecular formula is C18H36N4. The van der Waals surface area contributed by atoms with Gasteiger partial charge in [0.25, 0.3) is 0 Å². The largest absolute Gasteiger partial charge is 0.348 e. The van der Waals surface area contributed by atoms with Crippen LogP contribution in [-0.4, -0.2) is 19.5 Å². The van der Waals surface area contributed by atoms with Crippen LogP contribution in [0.3, 0.4) is 0 Å². The molecule has 0 atom stereocenters. The summed E-state index contributed by atoms with van der Waals surface area (Å²) in [4.78, 5) is 11.4. The highest BCUT2D eigenvalue weighted by Crippen LogP contribution is 2.21. The molecule has 0 aliphatic heterocycles. The predicted octanol–water partition coefficient (Wildman–Crippen LogP) is 5.23. The third-order valence-corrected chi connectivity index (χ3v) is 3.09. The van der Waals surface area contributed by atoms with Crippen LogP contribution in [0.5, 0.6) is 0 Å². The lowest BCUT2D eigenvalue weighted by molar-refractivity contribution is 0.388. The molecule has 0 saturated carbocycles. The van der Waals surface area contributed by atoms with Gasteiger partial charge in [-0.25, -0.2) is 9.97 Å². The van der Waals surface area contributed by atoms with E-state index in [1.165, 1.54) is 5.69 Å². The van der Waals surface area contributed by atoms with Crippen molar-refractivity contribution in [3.8, 4) is 0 Å². The number of hydrogen-bond acceptors (Lipinski definition) is 2. The Labute approximate surface area is 137 Å².